The van der Waals surface area contributed by atoms with E-state index in [1.165, 1.54) is 25.5 Å². The first-order valence-corrected chi connectivity index (χ1v) is 10.2. The van der Waals surface area contributed by atoms with Crippen LogP contribution < -0.4 is 9.47 Å². The summed E-state index contributed by atoms with van der Waals surface area (Å²) < 4.78 is 15.7. The van der Waals surface area contributed by atoms with Crippen molar-refractivity contribution in [3.63, 3.8) is 0 Å². The zero-order valence-corrected chi connectivity index (χ0v) is 18.1. The molecule has 30 heavy (non-hydrogen) atoms. The maximum absolute atomic E-state index is 13.3. The Kier molecular flexibility index (Phi) is 6.98. The van der Waals surface area contributed by atoms with Crippen LogP contribution in [-0.4, -0.2) is 44.7 Å². The van der Waals surface area contributed by atoms with Crippen LogP contribution in [0.4, 0.5) is 0 Å². The van der Waals surface area contributed by atoms with E-state index >= 15 is 0 Å². The molecule has 0 fully saturated rings. The number of carbonyl (C=O) groups excluding carboxylic acids is 2. The fraction of sp³-hybridized carbons (Fsp3) is 0.417. The molecule has 6 heteroatoms. The molecule has 1 heterocycles. The Morgan fingerprint density at radius 2 is 1.97 bits per heavy atom. The molecule has 6 nitrogen and oxygen atoms in total. The van der Waals surface area contributed by atoms with E-state index in [0.717, 1.165) is 19.3 Å². The Labute approximate surface area is 177 Å². The van der Waals surface area contributed by atoms with Gasteiger partial charge in [0.2, 0.25) is 0 Å². The third kappa shape index (κ3) is 4.42. The standard InChI is InChI=1S/C24H29NO5/c1-16-22(24(27)30-4)20(15-18-14-19(28-2)10-11-21(18)29-3)23(26)25(16)13-12-17-8-6-5-7-9-17/h8,10-11,14-15H,5-7,9,12-13H2,1-4H3/b20-15-. The van der Waals surface area contributed by atoms with Gasteiger partial charge < -0.3 is 19.1 Å². The quantitative estimate of drug-likeness (QED) is 0.381. The fourth-order valence-corrected chi connectivity index (χ4v) is 3.99. The van der Waals surface area contributed by atoms with Crippen molar-refractivity contribution in [2.24, 2.45) is 0 Å². The summed E-state index contributed by atoms with van der Waals surface area (Å²) in [6.45, 7) is 2.34. The summed E-state index contributed by atoms with van der Waals surface area (Å²) in [6, 6.07) is 5.33. The van der Waals surface area contributed by atoms with E-state index in [4.69, 9.17) is 14.2 Å². The van der Waals surface area contributed by atoms with Crippen molar-refractivity contribution in [1.82, 2.24) is 4.90 Å². The van der Waals surface area contributed by atoms with Gasteiger partial charge in [-0.2, -0.15) is 0 Å². The molecular weight excluding hydrogens is 382 g/mol. The van der Waals surface area contributed by atoms with Gasteiger partial charge in [0, 0.05) is 17.8 Å². The molecule has 0 N–H and O–H groups in total. The minimum atomic E-state index is -0.520. The summed E-state index contributed by atoms with van der Waals surface area (Å²) in [7, 11) is 4.46. The maximum Gasteiger partial charge on any atom is 0.340 e. The van der Waals surface area contributed by atoms with Crippen LogP contribution in [0.5, 0.6) is 11.5 Å². The molecule has 2 aliphatic rings. The van der Waals surface area contributed by atoms with Crippen LogP contribution in [0.15, 0.2) is 46.7 Å². The van der Waals surface area contributed by atoms with Crippen molar-refractivity contribution in [2.75, 3.05) is 27.9 Å². The largest absolute Gasteiger partial charge is 0.497 e. The van der Waals surface area contributed by atoms with E-state index in [9.17, 15) is 9.59 Å². The van der Waals surface area contributed by atoms with Crippen LogP contribution in [0.1, 0.15) is 44.6 Å². The third-order valence-corrected chi connectivity index (χ3v) is 5.68. The highest BCUT2D eigenvalue weighted by Gasteiger charge is 2.37. The van der Waals surface area contributed by atoms with Gasteiger partial charge >= 0.3 is 5.97 Å². The predicted molar refractivity (Wildman–Crippen MR) is 115 cm³/mol. The third-order valence-electron chi connectivity index (χ3n) is 5.68. The Morgan fingerprint density at radius 1 is 1.17 bits per heavy atom. The number of carbonyl (C=O) groups is 2. The van der Waals surface area contributed by atoms with E-state index in [0.29, 0.717) is 40.5 Å². The predicted octanol–water partition coefficient (Wildman–Crippen LogP) is 4.27. The number of amides is 1. The van der Waals surface area contributed by atoms with Crippen LogP contribution >= 0.6 is 0 Å². The van der Waals surface area contributed by atoms with Gasteiger partial charge in [0.25, 0.3) is 5.91 Å². The highest BCUT2D eigenvalue weighted by atomic mass is 16.5. The van der Waals surface area contributed by atoms with Gasteiger partial charge in [-0.15, -0.1) is 0 Å². The molecule has 1 amide bonds. The summed E-state index contributed by atoms with van der Waals surface area (Å²) in [4.78, 5) is 27.5. The average molecular weight is 411 g/mol. The Balaban J connectivity index is 1.97. The molecule has 1 aromatic rings. The smallest absolute Gasteiger partial charge is 0.340 e. The van der Waals surface area contributed by atoms with E-state index in [1.807, 2.05) is 0 Å². The van der Waals surface area contributed by atoms with Crippen LogP contribution in [0.3, 0.4) is 0 Å². The van der Waals surface area contributed by atoms with E-state index < -0.39 is 5.97 Å². The number of hydrogen-bond acceptors (Lipinski definition) is 5. The summed E-state index contributed by atoms with van der Waals surface area (Å²) in [6.07, 6.45) is 9.38. The molecule has 0 bridgehead atoms. The van der Waals surface area contributed by atoms with Crippen LogP contribution in [0.2, 0.25) is 0 Å². The number of rotatable bonds is 7. The SMILES string of the molecule is COC(=O)C1=C(C)N(CCC2=CCCCC2)C(=O)/C1=C\c1cc(OC)ccc1OC. The monoisotopic (exact) mass is 411 g/mol. The first-order valence-electron chi connectivity index (χ1n) is 10.2. The second-order valence-corrected chi connectivity index (χ2v) is 7.43. The van der Waals surface area contributed by atoms with Crippen LogP contribution in [0, 0.1) is 0 Å². The first-order chi connectivity index (χ1) is 14.5. The number of allylic oxidation sites excluding steroid dienone is 2. The van der Waals surface area contributed by atoms with Crippen molar-refractivity contribution < 1.29 is 23.8 Å². The van der Waals surface area contributed by atoms with Gasteiger partial charge in [-0.25, -0.2) is 4.79 Å². The van der Waals surface area contributed by atoms with Gasteiger partial charge in [-0.1, -0.05) is 11.6 Å². The Hall–Kier alpha value is -3.02. The van der Waals surface area contributed by atoms with Gasteiger partial charge in [-0.3, -0.25) is 4.79 Å². The number of hydrogen-bond donors (Lipinski definition) is 0. The second-order valence-electron chi connectivity index (χ2n) is 7.43. The van der Waals surface area contributed by atoms with E-state index in [2.05, 4.69) is 6.08 Å². The first kappa shape index (κ1) is 21.7. The van der Waals surface area contributed by atoms with Gasteiger partial charge in [0.15, 0.2) is 0 Å². The molecule has 0 aromatic heterocycles. The number of ether oxygens (including phenoxy) is 3. The minimum absolute atomic E-state index is 0.200. The molecule has 1 aliphatic heterocycles. The van der Waals surface area contributed by atoms with Crippen molar-refractivity contribution in [3.8, 4) is 11.5 Å². The van der Waals surface area contributed by atoms with Crippen molar-refractivity contribution >= 4 is 18.0 Å². The molecule has 0 saturated heterocycles. The molecule has 0 atom stereocenters. The molecule has 0 spiro atoms. The van der Waals surface area contributed by atoms with Gasteiger partial charge in [0.05, 0.1) is 32.5 Å². The van der Waals surface area contributed by atoms with Crippen molar-refractivity contribution in [3.05, 3.63) is 52.3 Å². The number of methoxy groups -OCH3 is 3. The molecule has 1 aromatic carbocycles. The van der Waals surface area contributed by atoms with E-state index in [1.54, 1.807) is 50.3 Å². The number of benzene rings is 1. The fourth-order valence-electron chi connectivity index (χ4n) is 3.99. The lowest BCUT2D eigenvalue weighted by Gasteiger charge is -2.20. The lowest BCUT2D eigenvalue weighted by molar-refractivity contribution is -0.136. The summed E-state index contributed by atoms with van der Waals surface area (Å²) in [5, 5.41) is 0. The van der Waals surface area contributed by atoms with E-state index in [-0.39, 0.29) is 5.91 Å². The highest BCUT2D eigenvalue weighted by Crippen LogP contribution is 2.35. The number of esters is 1. The van der Waals surface area contributed by atoms with Crippen LogP contribution in [-0.2, 0) is 14.3 Å². The molecule has 3 rings (SSSR count). The topological polar surface area (TPSA) is 65.1 Å². The Bertz CT molecular complexity index is 926. The lowest BCUT2D eigenvalue weighted by atomic mass is 9.97. The van der Waals surface area contributed by atoms with Crippen molar-refractivity contribution in [1.29, 1.82) is 0 Å². The highest BCUT2D eigenvalue weighted by molar-refractivity contribution is 6.16. The summed E-state index contributed by atoms with van der Waals surface area (Å²) in [5.41, 5.74) is 3.27. The molecule has 1 aliphatic carbocycles. The number of nitrogens with zero attached hydrogens (tertiary/aromatic N) is 1. The van der Waals surface area contributed by atoms with Gasteiger partial charge in [-0.05, 0) is 63.3 Å². The molecule has 160 valence electrons. The minimum Gasteiger partial charge on any atom is -0.497 e. The van der Waals surface area contributed by atoms with Gasteiger partial charge in [0.1, 0.15) is 11.5 Å². The lowest BCUT2D eigenvalue weighted by Crippen LogP contribution is -2.26. The zero-order chi connectivity index (χ0) is 21.7. The maximum atomic E-state index is 13.3. The Morgan fingerprint density at radius 3 is 2.60 bits per heavy atom. The molecular formula is C24H29NO5. The summed E-state index contributed by atoms with van der Waals surface area (Å²) >= 11 is 0. The average Bonchev–Trinajstić information content (AvgIpc) is 3.01. The van der Waals surface area contributed by atoms with Crippen LogP contribution in [0.25, 0.3) is 6.08 Å². The van der Waals surface area contributed by atoms with Crippen molar-refractivity contribution in [2.45, 2.75) is 39.0 Å². The second kappa shape index (κ2) is 9.65. The summed E-state index contributed by atoms with van der Waals surface area (Å²) in [5.74, 6) is 0.501. The molecule has 0 saturated carbocycles. The zero-order valence-electron chi connectivity index (χ0n) is 18.1. The molecule has 0 radical (unpaired) electrons. The molecule has 0 unspecified atom stereocenters. The normalized spacial score (nSPS) is 18.0.